The molecule has 1 aromatic heterocycles. The van der Waals surface area contributed by atoms with Gasteiger partial charge in [-0.1, -0.05) is 24.3 Å². The lowest BCUT2D eigenvalue weighted by atomic mass is 10.1. The Balaban J connectivity index is 1.68. The fourth-order valence-electron chi connectivity index (χ4n) is 2.50. The van der Waals surface area contributed by atoms with E-state index in [0.29, 0.717) is 10.8 Å². The second kappa shape index (κ2) is 6.99. The van der Waals surface area contributed by atoms with Gasteiger partial charge in [0.25, 0.3) is 11.5 Å². The summed E-state index contributed by atoms with van der Waals surface area (Å²) in [5.41, 5.74) is -1.28. The van der Waals surface area contributed by atoms with Gasteiger partial charge in [-0.3, -0.25) is 9.59 Å². The van der Waals surface area contributed by atoms with E-state index in [1.165, 1.54) is 16.8 Å². The van der Waals surface area contributed by atoms with Crippen LogP contribution < -0.4 is 10.9 Å². The smallest absolute Gasteiger partial charge is 0.350 e. The molecule has 0 aliphatic rings. The molecule has 1 heterocycles. The molecule has 3 rings (SSSR count). The third-order valence-electron chi connectivity index (χ3n) is 3.82. The van der Waals surface area contributed by atoms with Gasteiger partial charge in [0.05, 0.1) is 23.7 Å². The Morgan fingerprint density at radius 1 is 1.12 bits per heavy atom. The van der Waals surface area contributed by atoms with Gasteiger partial charge in [-0.15, -0.1) is 0 Å². The summed E-state index contributed by atoms with van der Waals surface area (Å²) >= 11 is 0. The van der Waals surface area contributed by atoms with E-state index < -0.39 is 17.6 Å². The maximum Gasteiger partial charge on any atom is 0.416 e. The lowest BCUT2D eigenvalue weighted by Gasteiger charge is -2.10. The first-order chi connectivity index (χ1) is 12.4. The van der Waals surface area contributed by atoms with Gasteiger partial charge in [0.15, 0.2) is 0 Å². The van der Waals surface area contributed by atoms with Crippen molar-refractivity contribution >= 4 is 16.7 Å². The predicted molar refractivity (Wildman–Crippen MR) is 89.8 cm³/mol. The van der Waals surface area contributed by atoms with Crippen molar-refractivity contribution in [3.8, 4) is 0 Å². The molecule has 0 unspecified atom stereocenters. The van der Waals surface area contributed by atoms with Crippen LogP contribution in [0.4, 0.5) is 13.2 Å². The summed E-state index contributed by atoms with van der Waals surface area (Å²) in [5, 5.41) is 7.74. The minimum Gasteiger partial charge on any atom is -0.350 e. The molecule has 0 spiro atoms. The van der Waals surface area contributed by atoms with Crippen LogP contribution in [0, 0.1) is 0 Å². The summed E-state index contributed by atoms with van der Waals surface area (Å²) in [6.45, 7) is 0.161. The molecule has 2 aromatic carbocycles. The number of benzene rings is 2. The molecule has 3 aromatic rings. The molecule has 0 atom stereocenters. The van der Waals surface area contributed by atoms with Gasteiger partial charge in [-0.2, -0.15) is 18.3 Å². The first-order valence-electron chi connectivity index (χ1n) is 7.76. The van der Waals surface area contributed by atoms with Crippen molar-refractivity contribution in [2.75, 3.05) is 6.54 Å². The summed E-state index contributed by atoms with van der Waals surface area (Å²) < 4.78 is 39.3. The SMILES string of the molecule is O=C(NCCn1ncc2ccccc2c1=O)c1cccc(C(F)(F)F)c1. The van der Waals surface area contributed by atoms with E-state index in [9.17, 15) is 22.8 Å². The molecular formula is C18H14F3N3O2. The number of carbonyl (C=O) groups is 1. The van der Waals surface area contributed by atoms with Gasteiger partial charge >= 0.3 is 6.18 Å². The lowest BCUT2D eigenvalue weighted by Crippen LogP contribution is -2.32. The zero-order chi connectivity index (χ0) is 18.7. The third-order valence-corrected chi connectivity index (χ3v) is 3.82. The van der Waals surface area contributed by atoms with Gasteiger partial charge < -0.3 is 5.32 Å². The van der Waals surface area contributed by atoms with Crippen LogP contribution in [0.5, 0.6) is 0 Å². The maximum atomic E-state index is 12.7. The van der Waals surface area contributed by atoms with Crippen LogP contribution >= 0.6 is 0 Å². The lowest BCUT2D eigenvalue weighted by molar-refractivity contribution is -0.137. The highest BCUT2D eigenvalue weighted by atomic mass is 19.4. The van der Waals surface area contributed by atoms with Gasteiger partial charge in [0.1, 0.15) is 0 Å². The summed E-state index contributed by atoms with van der Waals surface area (Å²) in [6, 6.07) is 11.1. The average Bonchev–Trinajstić information content (AvgIpc) is 2.63. The Kier molecular flexibility index (Phi) is 4.75. The number of amides is 1. The number of nitrogens with one attached hydrogen (secondary N) is 1. The van der Waals surface area contributed by atoms with Crippen LogP contribution in [0.15, 0.2) is 59.5 Å². The standard InChI is InChI=1S/C18H14F3N3O2/c19-18(20,21)14-6-3-5-12(10-14)16(25)22-8-9-24-17(26)15-7-2-1-4-13(15)11-23-24/h1-7,10-11H,8-9H2,(H,22,25). The first kappa shape index (κ1) is 17.7. The number of carbonyl (C=O) groups excluding carboxylic acids is 1. The van der Waals surface area contributed by atoms with Gasteiger partial charge in [-0.25, -0.2) is 4.68 Å². The average molecular weight is 361 g/mol. The third kappa shape index (κ3) is 3.74. The highest BCUT2D eigenvalue weighted by Crippen LogP contribution is 2.29. The molecule has 0 bridgehead atoms. The summed E-state index contributed by atoms with van der Waals surface area (Å²) in [6.07, 6.45) is -2.97. The van der Waals surface area contributed by atoms with Crippen molar-refractivity contribution < 1.29 is 18.0 Å². The van der Waals surface area contributed by atoms with E-state index in [0.717, 1.165) is 12.1 Å². The molecule has 0 radical (unpaired) electrons. The fourth-order valence-corrected chi connectivity index (χ4v) is 2.50. The normalized spacial score (nSPS) is 11.5. The zero-order valence-corrected chi connectivity index (χ0v) is 13.5. The monoisotopic (exact) mass is 361 g/mol. The van der Waals surface area contributed by atoms with Crippen LogP contribution in [0.1, 0.15) is 15.9 Å². The molecule has 0 saturated heterocycles. The molecule has 8 heteroatoms. The van der Waals surface area contributed by atoms with E-state index in [4.69, 9.17) is 0 Å². The number of hydrogen-bond acceptors (Lipinski definition) is 3. The Morgan fingerprint density at radius 3 is 2.65 bits per heavy atom. The van der Waals surface area contributed by atoms with Gasteiger partial charge in [0, 0.05) is 17.5 Å². The zero-order valence-electron chi connectivity index (χ0n) is 13.5. The van der Waals surface area contributed by atoms with Crippen molar-refractivity contribution in [3.05, 3.63) is 76.2 Å². The second-order valence-corrected chi connectivity index (χ2v) is 5.59. The molecular weight excluding hydrogens is 347 g/mol. The maximum absolute atomic E-state index is 12.7. The molecule has 134 valence electrons. The van der Waals surface area contributed by atoms with Crippen LogP contribution in [0.2, 0.25) is 0 Å². The minimum absolute atomic E-state index is 0.0559. The number of rotatable bonds is 4. The van der Waals surface area contributed by atoms with E-state index in [1.807, 2.05) is 0 Å². The molecule has 5 nitrogen and oxygen atoms in total. The number of aromatic nitrogens is 2. The number of hydrogen-bond donors (Lipinski definition) is 1. The Labute approximate surface area is 146 Å². The van der Waals surface area contributed by atoms with Crippen LogP contribution in [-0.2, 0) is 12.7 Å². The van der Waals surface area contributed by atoms with Crippen molar-refractivity contribution in [2.45, 2.75) is 12.7 Å². The summed E-state index contributed by atoms with van der Waals surface area (Å²) in [4.78, 5) is 24.3. The van der Waals surface area contributed by atoms with E-state index in [1.54, 1.807) is 30.5 Å². The van der Waals surface area contributed by atoms with E-state index in [-0.39, 0.29) is 24.2 Å². The van der Waals surface area contributed by atoms with Crippen LogP contribution in [-0.4, -0.2) is 22.2 Å². The van der Waals surface area contributed by atoms with Crippen molar-refractivity contribution in [1.82, 2.24) is 15.1 Å². The number of alkyl halides is 3. The van der Waals surface area contributed by atoms with Crippen molar-refractivity contribution in [1.29, 1.82) is 0 Å². The number of fused-ring (bicyclic) bond motifs is 1. The highest BCUT2D eigenvalue weighted by Gasteiger charge is 2.30. The summed E-state index contributed by atoms with van der Waals surface area (Å²) in [5.74, 6) is -0.648. The van der Waals surface area contributed by atoms with Gasteiger partial charge in [0.2, 0.25) is 0 Å². The van der Waals surface area contributed by atoms with E-state index in [2.05, 4.69) is 10.4 Å². The molecule has 0 aliphatic heterocycles. The molecule has 1 amide bonds. The predicted octanol–water partition coefficient (Wildman–Crippen LogP) is 2.85. The molecule has 26 heavy (non-hydrogen) atoms. The minimum atomic E-state index is -4.52. The largest absolute Gasteiger partial charge is 0.416 e. The topological polar surface area (TPSA) is 64.0 Å². The molecule has 0 aliphatic carbocycles. The summed E-state index contributed by atoms with van der Waals surface area (Å²) in [7, 11) is 0. The Hall–Kier alpha value is -3.16. The molecule has 1 N–H and O–H groups in total. The quantitative estimate of drug-likeness (QED) is 0.777. The van der Waals surface area contributed by atoms with Crippen LogP contribution in [0.3, 0.4) is 0 Å². The van der Waals surface area contributed by atoms with E-state index >= 15 is 0 Å². The fraction of sp³-hybridized carbons (Fsp3) is 0.167. The second-order valence-electron chi connectivity index (χ2n) is 5.59. The van der Waals surface area contributed by atoms with Crippen LogP contribution in [0.25, 0.3) is 10.8 Å². The molecule has 0 fully saturated rings. The number of nitrogens with zero attached hydrogens (tertiary/aromatic N) is 2. The van der Waals surface area contributed by atoms with Gasteiger partial charge in [-0.05, 0) is 24.3 Å². The number of halogens is 3. The molecule has 0 saturated carbocycles. The Bertz CT molecular complexity index is 1010. The highest BCUT2D eigenvalue weighted by molar-refractivity contribution is 5.94. The van der Waals surface area contributed by atoms with Crippen molar-refractivity contribution in [2.24, 2.45) is 0 Å². The van der Waals surface area contributed by atoms with Crippen molar-refractivity contribution in [3.63, 3.8) is 0 Å². The Morgan fingerprint density at radius 2 is 1.88 bits per heavy atom. The first-order valence-corrected chi connectivity index (χ1v) is 7.76.